The zero-order valence-corrected chi connectivity index (χ0v) is 20.6. The molecule has 7 heteroatoms. The summed E-state index contributed by atoms with van der Waals surface area (Å²) in [4.78, 5) is 13.1. The number of carbonyl (C=O) groups is 1. The summed E-state index contributed by atoms with van der Waals surface area (Å²) in [6.07, 6.45) is 1.48. The van der Waals surface area contributed by atoms with Gasteiger partial charge in [0.25, 0.3) is 0 Å². The third-order valence-electron chi connectivity index (χ3n) is 3.84. The van der Waals surface area contributed by atoms with Gasteiger partial charge in [0.15, 0.2) is 22.7 Å². The van der Waals surface area contributed by atoms with Crippen LogP contribution >= 0.6 is 0 Å². The summed E-state index contributed by atoms with van der Waals surface area (Å²) in [6, 6.07) is 8.30. The van der Waals surface area contributed by atoms with Gasteiger partial charge in [-0.25, -0.2) is 0 Å². The second-order valence-electron chi connectivity index (χ2n) is 9.79. The molecule has 0 aliphatic carbocycles. The molecule has 2 aromatic rings. The number of nitrogens with zero attached hydrogens (tertiary/aromatic N) is 1. The van der Waals surface area contributed by atoms with E-state index in [0.29, 0.717) is 0 Å². The van der Waals surface area contributed by atoms with Gasteiger partial charge < -0.3 is 13.1 Å². The Kier molecular flexibility index (Phi) is 5.78. The fourth-order valence-corrected chi connectivity index (χ4v) is 6.00. The molecule has 144 valence electrons. The van der Waals surface area contributed by atoms with Gasteiger partial charge in [0.05, 0.1) is 0 Å². The van der Waals surface area contributed by atoms with Crippen molar-refractivity contribution in [2.75, 3.05) is 0 Å². The highest BCUT2D eigenvalue weighted by Crippen LogP contribution is 2.34. The SMILES string of the molecule is C[Si](C)(C)OC(=O)C(O[Si](C)(C)C)c1cn([Si](C)(C)C)c2ccccc12. The van der Waals surface area contributed by atoms with E-state index in [1.54, 1.807) is 0 Å². The topological polar surface area (TPSA) is 40.5 Å². The van der Waals surface area contributed by atoms with Crippen molar-refractivity contribution in [3.05, 3.63) is 36.0 Å². The average Bonchev–Trinajstić information content (AvgIpc) is 2.81. The summed E-state index contributed by atoms with van der Waals surface area (Å²) in [7, 11) is -5.58. The second kappa shape index (κ2) is 7.10. The van der Waals surface area contributed by atoms with Crippen LogP contribution in [0.5, 0.6) is 0 Å². The Morgan fingerprint density at radius 3 is 2.00 bits per heavy atom. The van der Waals surface area contributed by atoms with E-state index in [9.17, 15) is 4.79 Å². The van der Waals surface area contributed by atoms with Gasteiger partial charge >= 0.3 is 5.97 Å². The number of para-hydroxylation sites is 1. The number of hydrogen-bond acceptors (Lipinski definition) is 3. The van der Waals surface area contributed by atoms with Gasteiger partial charge in [0, 0.05) is 22.7 Å². The Labute approximate surface area is 160 Å². The summed E-state index contributed by atoms with van der Waals surface area (Å²) in [5, 5.41) is 1.09. The highest BCUT2D eigenvalue weighted by Gasteiger charge is 2.35. The standard InChI is InChI=1S/C19H33NO3Si3/c1-24(2,3)20-14-16(15-12-10-11-13-17(15)20)18(22-25(4,5)6)19(21)23-26(7,8)9/h10-14,18H,1-9H3. The molecule has 0 spiro atoms. The largest absolute Gasteiger partial charge is 0.518 e. The molecule has 0 bridgehead atoms. The summed E-state index contributed by atoms with van der Waals surface area (Å²) < 4.78 is 14.6. The lowest BCUT2D eigenvalue weighted by atomic mass is 10.1. The zero-order chi connectivity index (χ0) is 19.9. The summed E-state index contributed by atoms with van der Waals surface area (Å²) >= 11 is 0. The highest BCUT2D eigenvalue weighted by atomic mass is 28.4. The Hall–Kier alpha value is -1.16. The third kappa shape index (κ3) is 5.18. The van der Waals surface area contributed by atoms with Crippen LogP contribution in [0.2, 0.25) is 58.9 Å². The third-order valence-corrected chi connectivity index (χ3v) is 7.41. The van der Waals surface area contributed by atoms with Gasteiger partial charge in [0.2, 0.25) is 8.32 Å². The molecule has 0 aliphatic heterocycles. The van der Waals surface area contributed by atoms with Gasteiger partial charge in [-0.2, -0.15) is 0 Å². The monoisotopic (exact) mass is 407 g/mol. The van der Waals surface area contributed by atoms with E-state index < -0.39 is 31.0 Å². The van der Waals surface area contributed by atoms with Crippen LogP contribution in [-0.2, 0) is 13.6 Å². The van der Waals surface area contributed by atoms with E-state index >= 15 is 0 Å². The number of rotatable bonds is 6. The Balaban J connectivity index is 2.63. The van der Waals surface area contributed by atoms with Crippen LogP contribution in [0, 0.1) is 0 Å². The number of aromatic nitrogens is 1. The molecule has 0 N–H and O–H groups in total. The van der Waals surface area contributed by atoms with Crippen LogP contribution in [0.1, 0.15) is 11.7 Å². The molecule has 2 rings (SSSR count). The maximum atomic E-state index is 13.1. The van der Waals surface area contributed by atoms with Crippen molar-refractivity contribution in [3.63, 3.8) is 0 Å². The molecule has 0 saturated heterocycles. The first-order valence-corrected chi connectivity index (χ1v) is 19.5. The van der Waals surface area contributed by atoms with Crippen molar-refractivity contribution >= 4 is 41.7 Å². The molecule has 1 unspecified atom stereocenters. The zero-order valence-electron chi connectivity index (χ0n) is 17.6. The first-order valence-electron chi connectivity index (χ1n) is 9.20. The summed E-state index contributed by atoms with van der Waals surface area (Å²) in [5.41, 5.74) is 2.11. The van der Waals surface area contributed by atoms with Gasteiger partial charge in [0.1, 0.15) is 0 Å². The first kappa shape index (κ1) is 21.1. The number of hydrogen-bond donors (Lipinski definition) is 0. The van der Waals surface area contributed by atoms with Crippen LogP contribution in [0.4, 0.5) is 0 Å². The van der Waals surface area contributed by atoms with Crippen molar-refractivity contribution in [1.29, 1.82) is 0 Å². The summed E-state index contributed by atoms with van der Waals surface area (Å²) in [6.45, 7) is 19.3. The molecule has 1 aromatic carbocycles. The molecular formula is C19H33NO3Si3. The van der Waals surface area contributed by atoms with Gasteiger partial charge in [-0.1, -0.05) is 37.8 Å². The maximum absolute atomic E-state index is 13.1. The predicted octanol–water partition coefficient (Wildman–Crippen LogP) is 5.60. The molecule has 0 fully saturated rings. The molecule has 0 amide bonds. The lowest BCUT2D eigenvalue weighted by Crippen LogP contribution is -2.37. The normalized spacial score (nSPS) is 14.5. The molecule has 0 saturated carbocycles. The highest BCUT2D eigenvalue weighted by molar-refractivity contribution is 6.75. The quantitative estimate of drug-likeness (QED) is 0.586. The number of carbonyl (C=O) groups excluding carboxylic acids is 1. The fraction of sp³-hybridized carbons (Fsp3) is 0.526. The molecule has 1 heterocycles. The van der Waals surface area contributed by atoms with Crippen molar-refractivity contribution in [3.8, 4) is 0 Å². The lowest BCUT2D eigenvalue weighted by molar-refractivity contribution is -0.143. The molecule has 4 nitrogen and oxygen atoms in total. The molecule has 1 aromatic heterocycles. The van der Waals surface area contributed by atoms with E-state index in [0.717, 1.165) is 10.9 Å². The molecule has 0 radical (unpaired) electrons. The Morgan fingerprint density at radius 2 is 1.50 bits per heavy atom. The van der Waals surface area contributed by atoms with Crippen LogP contribution in [0.25, 0.3) is 10.9 Å². The van der Waals surface area contributed by atoms with E-state index in [1.165, 1.54) is 5.52 Å². The molecule has 0 aliphatic rings. The van der Waals surface area contributed by atoms with Crippen LogP contribution in [0.3, 0.4) is 0 Å². The van der Waals surface area contributed by atoms with Gasteiger partial charge in [-0.3, -0.25) is 4.79 Å². The second-order valence-corrected chi connectivity index (χ2v) is 23.5. The average molecular weight is 408 g/mol. The summed E-state index contributed by atoms with van der Waals surface area (Å²) in [5.74, 6) is -0.245. The van der Waals surface area contributed by atoms with Crippen LogP contribution in [-0.4, -0.2) is 35.1 Å². The lowest BCUT2D eigenvalue weighted by Gasteiger charge is -2.28. The molecule has 1 atom stereocenters. The van der Waals surface area contributed by atoms with Crippen LogP contribution in [0.15, 0.2) is 30.5 Å². The Morgan fingerprint density at radius 1 is 0.923 bits per heavy atom. The van der Waals surface area contributed by atoms with E-state index in [1.807, 2.05) is 25.7 Å². The number of benzene rings is 1. The van der Waals surface area contributed by atoms with Gasteiger partial charge in [-0.05, 0) is 45.3 Å². The van der Waals surface area contributed by atoms with E-state index in [2.05, 4.69) is 67.9 Å². The predicted molar refractivity (Wildman–Crippen MR) is 117 cm³/mol. The van der Waals surface area contributed by atoms with Crippen molar-refractivity contribution < 1.29 is 13.6 Å². The van der Waals surface area contributed by atoms with Crippen molar-refractivity contribution in [2.24, 2.45) is 0 Å². The maximum Gasteiger partial charge on any atom is 0.325 e. The smallest absolute Gasteiger partial charge is 0.325 e. The molecule has 26 heavy (non-hydrogen) atoms. The fourth-order valence-electron chi connectivity index (χ4n) is 2.92. The first-order chi connectivity index (χ1) is 11.7. The van der Waals surface area contributed by atoms with E-state index in [4.69, 9.17) is 8.85 Å². The van der Waals surface area contributed by atoms with Crippen molar-refractivity contribution in [1.82, 2.24) is 4.23 Å². The molecular weight excluding hydrogens is 374 g/mol. The van der Waals surface area contributed by atoms with Gasteiger partial charge in [-0.15, -0.1) is 0 Å². The Bertz CT molecular complexity index is 795. The minimum Gasteiger partial charge on any atom is -0.518 e. The minimum absolute atomic E-state index is 0.245. The number of fused-ring (bicyclic) bond motifs is 1. The van der Waals surface area contributed by atoms with Crippen molar-refractivity contribution in [2.45, 2.75) is 65.0 Å². The van der Waals surface area contributed by atoms with Crippen LogP contribution < -0.4 is 0 Å². The van der Waals surface area contributed by atoms with E-state index in [-0.39, 0.29) is 5.97 Å². The minimum atomic E-state index is -2.00.